The summed E-state index contributed by atoms with van der Waals surface area (Å²) in [5.41, 5.74) is 9.66. The van der Waals surface area contributed by atoms with E-state index in [0.717, 1.165) is 27.7 Å². The van der Waals surface area contributed by atoms with Gasteiger partial charge in [0.25, 0.3) is 0 Å². The maximum atomic E-state index is 13.0. The van der Waals surface area contributed by atoms with Gasteiger partial charge in [-0.3, -0.25) is 4.68 Å². The van der Waals surface area contributed by atoms with E-state index in [0.29, 0.717) is 6.54 Å². The highest BCUT2D eigenvalue weighted by atomic mass is 32.1. The molecule has 0 spiro atoms. The minimum Gasteiger partial charge on any atom is -0.329 e. The number of benzene rings is 1. The molecule has 3 aromatic rings. The molecule has 2 heterocycles. The molecule has 0 bridgehead atoms. The summed E-state index contributed by atoms with van der Waals surface area (Å²) in [7, 11) is 1.89. The Balaban J connectivity index is 1.99. The number of halogens is 1. The van der Waals surface area contributed by atoms with Gasteiger partial charge in [0.15, 0.2) is 0 Å². The second kappa shape index (κ2) is 5.98. The number of thiazole rings is 1. The average Bonchev–Trinajstić information content (AvgIpc) is 3.08. The molecule has 0 saturated heterocycles. The number of nitrogens with two attached hydrogens (primary N) is 1. The Morgan fingerprint density at radius 2 is 2.05 bits per heavy atom. The van der Waals surface area contributed by atoms with Gasteiger partial charge in [-0.25, -0.2) is 9.37 Å². The molecule has 4 nitrogen and oxygen atoms in total. The predicted octanol–water partition coefficient (Wildman–Crippen LogP) is 3.08. The van der Waals surface area contributed by atoms with E-state index in [-0.39, 0.29) is 11.7 Å². The van der Waals surface area contributed by atoms with Crippen molar-refractivity contribution in [3.8, 4) is 11.3 Å². The number of hydrogen-bond donors (Lipinski definition) is 1. The van der Waals surface area contributed by atoms with Crippen LogP contribution in [0, 0.1) is 12.7 Å². The van der Waals surface area contributed by atoms with Crippen molar-refractivity contribution in [3.63, 3.8) is 0 Å². The first-order chi connectivity index (χ1) is 10.6. The Morgan fingerprint density at radius 1 is 1.32 bits per heavy atom. The molecule has 0 radical (unpaired) electrons. The van der Waals surface area contributed by atoms with E-state index < -0.39 is 0 Å². The molecule has 1 aromatic carbocycles. The highest BCUT2D eigenvalue weighted by Crippen LogP contribution is 2.29. The lowest BCUT2D eigenvalue weighted by atomic mass is 10.0. The molecule has 1 unspecified atom stereocenters. The summed E-state index contributed by atoms with van der Waals surface area (Å²) >= 11 is 1.61. The van der Waals surface area contributed by atoms with Gasteiger partial charge in [0.1, 0.15) is 10.8 Å². The van der Waals surface area contributed by atoms with Crippen molar-refractivity contribution < 1.29 is 4.39 Å². The number of aryl methyl sites for hydroxylation is 2. The Labute approximate surface area is 132 Å². The molecule has 2 N–H and O–H groups in total. The summed E-state index contributed by atoms with van der Waals surface area (Å²) in [4.78, 5) is 4.54. The number of aromatic nitrogens is 3. The Bertz CT molecular complexity index is 776. The van der Waals surface area contributed by atoms with Crippen molar-refractivity contribution in [1.82, 2.24) is 14.8 Å². The van der Waals surface area contributed by atoms with E-state index in [1.807, 2.05) is 30.1 Å². The molecule has 0 saturated carbocycles. The van der Waals surface area contributed by atoms with Crippen molar-refractivity contribution >= 4 is 11.3 Å². The van der Waals surface area contributed by atoms with Crippen LogP contribution >= 0.6 is 11.3 Å². The van der Waals surface area contributed by atoms with Crippen LogP contribution in [-0.2, 0) is 7.05 Å². The smallest absolute Gasteiger partial charge is 0.123 e. The van der Waals surface area contributed by atoms with Crippen LogP contribution in [0.1, 0.15) is 22.3 Å². The zero-order chi connectivity index (χ0) is 15.7. The molecule has 2 aromatic heterocycles. The van der Waals surface area contributed by atoms with Gasteiger partial charge >= 0.3 is 0 Å². The second-order valence-corrected chi connectivity index (χ2v) is 6.09. The fourth-order valence-electron chi connectivity index (χ4n) is 2.45. The molecular formula is C16H17FN4S. The van der Waals surface area contributed by atoms with Crippen LogP contribution < -0.4 is 5.73 Å². The molecule has 6 heteroatoms. The molecule has 114 valence electrons. The van der Waals surface area contributed by atoms with Crippen LogP contribution in [0.15, 0.2) is 35.7 Å². The van der Waals surface area contributed by atoms with E-state index in [1.165, 1.54) is 12.1 Å². The summed E-state index contributed by atoms with van der Waals surface area (Å²) < 4.78 is 14.9. The fourth-order valence-corrected chi connectivity index (χ4v) is 3.37. The van der Waals surface area contributed by atoms with Crippen molar-refractivity contribution in [2.24, 2.45) is 12.8 Å². The SMILES string of the molecule is Cc1csc(C(CN)c2cc(-c3ccc(F)cc3)nn2C)n1. The minimum atomic E-state index is -0.252. The summed E-state index contributed by atoms with van der Waals surface area (Å²) in [6.45, 7) is 2.44. The van der Waals surface area contributed by atoms with Crippen molar-refractivity contribution in [1.29, 1.82) is 0 Å². The van der Waals surface area contributed by atoms with E-state index in [4.69, 9.17) is 5.73 Å². The molecule has 1 atom stereocenters. The van der Waals surface area contributed by atoms with E-state index in [9.17, 15) is 4.39 Å². The standard InChI is InChI=1S/C16H17FN4S/c1-10-9-22-16(19-10)13(8-18)15-7-14(20-21(15)2)11-3-5-12(17)6-4-11/h3-7,9,13H,8,18H2,1-2H3. The number of rotatable bonds is 4. The number of hydrogen-bond acceptors (Lipinski definition) is 4. The van der Waals surface area contributed by atoms with E-state index >= 15 is 0 Å². The third-order valence-corrected chi connectivity index (χ3v) is 4.66. The normalized spacial score (nSPS) is 12.5. The minimum absolute atomic E-state index is 0.0189. The topological polar surface area (TPSA) is 56.7 Å². The fraction of sp³-hybridized carbons (Fsp3) is 0.250. The first-order valence-corrected chi connectivity index (χ1v) is 7.88. The zero-order valence-corrected chi connectivity index (χ0v) is 13.3. The average molecular weight is 316 g/mol. The monoisotopic (exact) mass is 316 g/mol. The Hall–Kier alpha value is -2.05. The summed E-state index contributed by atoms with van der Waals surface area (Å²) in [5.74, 6) is -0.233. The highest BCUT2D eigenvalue weighted by molar-refractivity contribution is 7.09. The molecule has 0 amide bonds. The van der Waals surface area contributed by atoms with Gasteiger partial charge in [0.05, 0.1) is 11.6 Å². The van der Waals surface area contributed by atoms with Gasteiger partial charge in [-0.2, -0.15) is 5.10 Å². The largest absolute Gasteiger partial charge is 0.329 e. The molecule has 0 fully saturated rings. The third kappa shape index (κ3) is 2.80. The maximum absolute atomic E-state index is 13.0. The van der Waals surface area contributed by atoms with Crippen LogP contribution in [0.4, 0.5) is 4.39 Å². The predicted molar refractivity (Wildman–Crippen MR) is 86.4 cm³/mol. The lowest BCUT2D eigenvalue weighted by Gasteiger charge is -2.11. The van der Waals surface area contributed by atoms with Gasteiger partial charge < -0.3 is 5.73 Å². The van der Waals surface area contributed by atoms with Crippen molar-refractivity contribution in [2.45, 2.75) is 12.8 Å². The maximum Gasteiger partial charge on any atom is 0.123 e. The van der Waals surface area contributed by atoms with E-state index in [2.05, 4.69) is 10.1 Å². The molecular weight excluding hydrogens is 299 g/mol. The van der Waals surface area contributed by atoms with Gasteiger partial charge in [0.2, 0.25) is 0 Å². The highest BCUT2D eigenvalue weighted by Gasteiger charge is 2.21. The van der Waals surface area contributed by atoms with Crippen LogP contribution in [0.3, 0.4) is 0 Å². The molecule has 0 aliphatic rings. The first-order valence-electron chi connectivity index (χ1n) is 7.00. The Kier molecular flexibility index (Phi) is 4.04. The van der Waals surface area contributed by atoms with Gasteiger partial charge in [-0.1, -0.05) is 0 Å². The van der Waals surface area contributed by atoms with Crippen LogP contribution in [0.2, 0.25) is 0 Å². The molecule has 0 aliphatic heterocycles. The van der Waals surface area contributed by atoms with Gasteiger partial charge in [-0.05, 0) is 37.3 Å². The summed E-state index contributed by atoms with van der Waals surface area (Å²) in [6, 6.07) is 8.34. The third-order valence-electron chi connectivity index (χ3n) is 3.58. The first kappa shape index (κ1) is 14.9. The lowest BCUT2D eigenvalue weighted by molar-refractivity contribution is 0.628. The van der Waals surface area contributed by atoms with Crippen LogP contribution in [-0.4, -0.2) is 21.3 Å². The molecule has 3 rings (SSSR count). The van der Waals surface area contributed by atoms with Crippen molar-refractivity contribution in [2.75, 3.05) is 6.54 Å². The van der Waals surface area contributed by atoms with Crippen molar-refractivity contribution in [3.05, 3.63) is 57.9 Å². The zero-order valence-electron chi connectivity index (χ0n) is 12.5. The molecule has 22 heavy (non-hydrogen) atoms. The quantitative estimate of drug-likeness (QED) is 0.805. The summed E-state index contributed by atoms with van der Waals surface area (Å²) in [6.07, 6.45) is 0. The second-order valence-electron chi connectivity index (χ2n) is 5.20. The van der Waals surface area contributed by atoms with Crippen LogP contribution in [0.5, 0.6) is 0 Å². The Morgan fingerprint density at radius 3 is 2.64 bits per heavy atom. The van der Waals surface area contributed by atoms with E-state index in [1.54, 1.807) is 23.5 Å². The molecule has 0 aliphatic carbocycles. The number of nitrogens with zero attached hydrogens (tertiary/aromatic N) is 3. The van der Waals surface area contributed by atoms with Crippen LogP contribution in [0.25, 0.3) is 11.3 Å². The van der Waals surface area contributed by atoms with Gasteiger partial charge in [0, 0.05) is 35.9 Å². The lowest BCUT2D eigenvalue weighted by Crippen LogP contribution is -2.16. The van der Waals surface area contributed by atoms with Gasteiger partial charge in [-0.15, -0.1) is 11.3 Å². The summed E-state index contributed by atoms with van der Waals surface area (Å²) in [5, 5.41) is 7.54.